The van der Waals surface area contributed by atoms with Gasteiger partial charge >= 0.3 is 7.82 Å². The number of aliphatic hydroxyl groups excluding tert-OH is 1. The summed E-state index contributed by atoms with van der Waals surface area (Å²) in [5, 5.41) is 14.0. The van der Waals surface area contributed by atoms with Gasteiger partial charge in [0.25, 0.3) is 0 Å². The van der Waals surface area contributed by atoms with Crippen molar-refractivity contribution in [3.05, 3.63) is 72.9 Å². The number of aliphatic hydroxyl groups is 1. The molecule has 0 bridgehead atoms. The number of allylic oxidation sites excluding steroid dienone is 11. The molecule has 0 aromatic rings. The molecule has 0 rings (SSSR count). The highest BCUT2D eigenvalue weighted by atomic mass is 31.2. The molecule has 432 valence electrons. The number of carbonyl (C=O) groups excluding carboxylic acids is 1. The lowest BCUT2D eigenvalue weighted by molar-refractivity contribution is -0.870. The minimum absolute atomic E-state index is 0.0549. The first-order chi connectivity index (χ1) is 36.0. The van der Waals surface area contributed by atoms with Gasteiger partial charge in [-0.3, -0.25) is 13.8 Å². The summed E-state index contributed by atoms with van der Waals surface area (Å²) in [4.78, 5) is 23.4. The molecule has 3 N–H and O–H groups in total. The van der Waals surface area contributed by atoms with Gasteiger partial charge in [0.1, 0.15) is 13.2 Å². The highest BCUT2D eigenvalue weighted by Gasteiger charge is 2.27. The van der Waals surface area contributed by atoms with Gasteiger partial charge < -0.3 is 19.8 Å². The van der Waals surface area contributed by atoms with E-state index in [1.54, 1.807) is 6.08 Å². The number of phosphoric ester groups is 1. The van der Waals surface area contributed by atoms with Crippen LogP contribution in [0.3, 0.4) is 0 Å². The summed E-state index contributed by atoms with van der Waals surface area (Å²) in [5.74, 6) is -0.185. The molecular weight excluding hydrogens is 936 g/mol. The standard InChI is InChI=1S/C65H121N2O6P/c1-6-8-10-12-14-16-18-20-22-24-26-28-30-31-32-33-34-35-37-39-41-43-45-47-49-51-53-55-57-59-65(69)66-63(62-73-74(70,71)72-61-60-67(3,4)5)64(68)58-56-54-52-50-48-46-44-42-40-38-36-29-27-25-23-21-19-17-15-13-11-9-7-2/h8,10,14,16,20,22,26,28,48,50,56,58,63-64,68H,6-7,9,11-13,15,17-19,21,23-25,27,29-47,49,51-55,57,59-62H2,1-5H3,(H-,66,69,70,71)/p+1/b10-8-,16-14-,22-20-,28-26-,50-48+,58-56+. The number of amides is 1. The van der Waals surface area contributed by atoms with E-state index in [9.17, 15) is 19.4 Å². The Morgan fingerprint density at radius 2 is 0.824 bits per heavy atom. The fourth-order valence-corrected chi connectivity index (χ4v) is 9.79. The molecule has 0 aliphatic rings. The first-order valence-electron chi connectivity index (χ1n) is 31.3. The van der Waals surface area contributed by atoms with Crippen LogP contribution in [0.5, 0.6) is 0 Å². The Balaban J connectivity index is 4.17. The van der Waals surface area contributed by atoms with Crippen LogP contribution in [0.15, 0.2) is 72.9 Å². The molecular formula is C65H122N2O6P+. The largest absolute Gasteiger partial charge is 0.472 e. The maximum Gasteiger partial charge on any atom is 0.472 e. The van der Waals surface area contributed by atoms with Gasteiger partial charge in [0.15, 0.2) is 0 Å². The van der Waals surface area contributed by atoms with Gasteiger partial charge in [0.05, 0.1) is 39.9 Å². The van der Waals surface area contributed by atoms with Crippen LogP contribution in [0, 0.1) is 0 Å². The topological polar surface area (TPSA) is 105 Å². The zero-order chi connectivity index (χ0) is 54.2. The van der Waals surface area contributed by atoms with E-state index in [0.29, 0.717) is 17.4 Å². The second-order valence-electron chi connectivity index (χ2n) is 22.4. The molecule has 74 heavy (non-hydrogen) atoms. The number of nitrogens with zero attached hydrogens (tertiary/aromatic N) is 1. The van der Waals surface area contributed by atoms with Crippen LogP contribution in [0.4, 0.5) is 0 Å². The average Bonchev–Trinajstić information content (AvgIpc) is 3.36. The second-order valence-corrected chi connectivity index (χ2v) is 23.8. The number of nitrogens with one attached hydrogen (secondary N) is 1. The van der Waals surface area contributed by atoms with Crippen LogP contribution in [0.25, 0.3) is 0 Å². The summed E-state index contributed by atoms with van der Waals surface area (Å²) in [5.41, 5.74) is 0. The number of hydrogen-bond donors (Lipinski definition) is 3. The van der Waals surface area contributed by atoms with Gasteiger partial charge in [-0.1, -0.05) is 279 Å². The monoisotopic (exact) mass is 1060 g/mol. The molecule has 0 heterocycles. The second kappa shape index (κ2) is 55.7. The summed E-state index contributed by atoms with van der Waals surface area (Å²) in [6.45, 7) is 4.71. The zero-order valence-electron chi connectivity index (χ0n) is 49.3. The number of phosphoric acid groups is 1. The summed E-state index contributed by atoms with van der Waals surface area (Å²) >= 11 is 0. The number of likely N-dealkylation sites (N-methyl/N-ethyl adjacent to an activating group) is 1. The first kappa shape index (κ1) is 71.9. The van der Waals surface area contributed by atoms with E-state index in [2.05, 4.69) is 79.9 Å². The predicted molar refractivity (Wildman–Crippen MR) is 323 cm³/mol. The van der Waals surface area contributed by atoms with E-state index in [0.717, 1.165) is 64.2 Å². The molecule has 0 fully saturated rings. The lowest BCUT2D eigenvalue weighted by Gasteiger charge is -2.25. The van der Waals surface area contributed by atoms with E-state index in [1.807, 2.05) is 27.2 Å². The quantitative estimate of drug-likeness (QED) is 0.0243. The lowest BCUT2D eigenvalue weighted by atomic mass is 10.0. The molecule has 0 radical (unpaired) electrons. The average molecular weight is 1060 g/mol. The molecule has 3 atom stereocenters. The normalized spacial score (nSPS) is 14.3. The summed E-state index contributed by atoms with van der Waals surface area (Å²) in [6, 6.07) is -0.867. The van der Waals surface area contributed by atoms with Gasteiger partial charge in [0.2, 0.25) is 5.91 Å². The van der Waals surface area contributed by atoms with Gasteiger partial charge in [-0.15, -0.1) is 0 Å². The third-order valence-electron chi connectivity index (χ3n) is 13.9. The van der Waals surface area contributed by atoms with Crippen LogP contribution >= 0.6 is 7.82 Å². The fraction of sp³-hybridized carbons (Fsp3) is 0.800. The Bertz CT molecular complexity index is 1430. The van der Waals surface area contributed by atoms with Crippen molar-refractivity contribution in [2.75, 3.05) is 40.9 Å². The van der Waals surface area contributed by atoms with E-state index in [-0.39, 0.29) is 19.1 Å². The molecule has 0 aromatic carbocycles. The number of quaternary nitrogens is 1. The van der Waals surface area contributed by atoms with Gasteiger partial charge in [-0.25, -0.2) is 4.57 Å². The zero-order valence-corrected chi connectivity index (χ0v) is 50.2. The van der Waals surface area contributed by atoms with Crippen LogP contribution < -0.4 is 5.32 Å². The molecule has 0 aromatic heterocycles. The number of unbranched alkanes of at least 4 members (excludes halogenated alkanes) is 34. The van der Waals surface area contributed by atoms with Crippen LogP contribution in [0.1, 0.15) is 284 Å². The molecule has 8 nitrogen and oxygen atoms in total. The van der Waals surface area contributed by atoms with Crippen molar-refractivity contribution < 1.29 is 32.9 Å². The molecule has 9 heteroatoms. The van der Waals surface area contributed by atoms with E-state index in [1.165, 1.54) is 199 Å². The van der Waals surface area contributed by atoms with Crippen molar-refractivity contribution in [1.29, 1.82) is 0 Å². The number of hydrogen-bond acceptors (Lipinski definition) is 5. The van der Waals surface area contributed by atoms with Crippen molar-refractivity contribution in [1.82, 2.24) is 5.32 Å². The van der Waals surface area contributed by atoms with E-state index >= 15 is 0 Å². The molecule has 3 unspecified atom stereocenters. The molecule has 0 saturated carbocycles. The Hall–Kier alpha value is -2.06. The third kappa shape index (κ3) is 57.6. The highest BCUT2D eigenvalue weighted by molar-refractivity contribution is 7.47. The molecule has 0 aliphatic heterocycles. The van der Waals surface area contributed by atoms with Gasteiger partial charge in [-0.2, -0.15) is 0 Å². The van der Waals surface area contributed by atoms with Crippen LogP contribution in [0.2, 0.25) is 0 Å². The Labute approximate surface area is 459 Å². The van der Waals surface area contributed by atoms with Crippen molar-refractivity contribution in [3.8, 4) is 0 Å². The number of rotatable bonds is 57. The van der Waals surface area contributed by atoms with E-state index in [4.69, 9.17) is 9.05 Å². The molecule has 0 spiro atoms. The third-order valence-corrected chi connectivity index (χ3v) is 14.9. The summed E-state index contributed by atoms with van der Waals surface area (Å²) < 4.78 is 23.7. The molecule has 0 saturated heterocycles. The van der Waals surface area contributed by atoms with Gasteiger partial charge in [0, 0.05) is 6.42 Å². The van der Waals surface area contributed by atoms with E-state index < -0.39 is 20.0 Å². The first-order valence-corrected chi connectivity index (χ1v) is 32.8. The number of carbonyl (C=O) groups is 1. The minimum Gasteiger partial charge on any atom is -0.387 e. The molecule has 1 amide bonds. The maximum absolute atomic E-state index is 13.0. The Kier molecular flexibility index (Phi) is 54.1. The Morgan fingerprint density at radius 1 is 0.473 bits per heavy atom. The predicted octanol–water partition coefficient (Wildman–Crippen LogP) is 19.4. The van der Waals surface area contributed by atoms with Crippen LogP contribution in [-0.2, 0) is 18.4 Å². The van der Waals surface area contributed by atoms with Gasteiger partial charge in [-0.05, 0) is 70.6 Å². The summed E-state index contributed by atoms with van der Waals surface area (Å²) in [7, 11) is 1.56. The SMILES string of the molecule is CC/C=C\C/C=C\C/C=C\C/C=C\CCCCCCCCCCCCCCCCCCC(=O)NC(COP(=O)(O)OCC[N+](C)(C)C)C(O)/C=C/CC/C=C/CCCCCCCCCCCCCCCCCCC. The maximum atomic E-state index is 13.0. The van der Waals surface area contributed by atoms with Crippen molar-refractivity contribution in [2.24, 2.45) is 0 Å². The van der Waals surface area contributed by atoms with Crippen molar-refractivity contribution in [3.63, 3.8) is 0 Å². The Morgan fingerprint density at radius 3 is 1.24 bits per heavy atom. The smallest absolute Gasteiger partial charge is 0.387 e. The lowest BCUT2D eigenvalue weighted by Crippen LogP contribution is -2.45. The fourth-order valence-electron chi connectivity index (χ4n) is 9.05. The van der Waals surface area contributed by atoms with Crippen molar-refractivity contribution >= 4 is 13.7 Å². The summed E-state index contributed by atoms with van der Waals surface area (Å²) in [6.07, 6.45) is 77.4. The highest BCUT2D eigenvalue weighted by Crippen LogP contribution is 2.43. The minimum atomic E-state index is -4.36. The molecule has 0 aliphatic carbocycles. The van der Waals surface area contributed by atoms with Crippen LogP contribution in [-0.4, -0.2) is 73.4 Å². The van der Waals surface area contributed by atoms with Crippen molar-refractivity contribution in [2.45, 2.75) is 296 Å².